The Morgan fingerprint density at radius 3 is 3.07 bits per heavy atom. The van der Waals surface area contributed by atoms with Crippen LogP contribution >= 0.6 is 15.9 Å². The molecule has 0 bridgehead atoms. The predicted molar refractivity (Wildman–Crippen MR) is 61.6 cm³/mol. The highest BCUT2D eigenvalue weighted by atomic mass is 79.9. The van der Waals surface area contributed by atoms with E-state index < -0.39 is 0 Å². The Balaban J connectivity index is 1.86. The van der Waals surface area contributed by atoms with E-state index >= 15 is 0 Å². The molecule has 0 spiro atoms. The first-order valence-corrected chi connectivity index (χ1v) is 5.92. The molecule has 1 aliphatic carbocycles. The molecule has 0 aliphatic heterocycles. The highest BCUT2D eigenvalue weighted by Crippen LogP contribution is 2.26. The monoisotopic (exact) mass is 271 g/mol. The van der Waals surface area contributed by atoms with Gasteiger partial charge in [-0.05, 0) is 41.1 Å². The third kappa shape index (κ3) is 2.89. The summed E-state index contributed by atoms with van der Waals surface area (Å²) in [6, 6.07) is 0. The zero-order valence-electron chi connectivity index (χ0n) is 8.36. The van der Waals surface area contributed by atoms with Crippen molar-refractivity contribution in [3.8, 4) is 0 Å². The molecular formula is C10H14BrN3O. The Morgan fingerprint density at radius 2 is 2.40 bits per heavy atom. The molecular weight excluding hydrogens is 258 g/mol. The van der Waals surface area contributed by atoms with E-state index in [1.807, 2.05) is 0 Å². The summed E-state index contributed by atoms with van der Waals surface area (Å²) in [5.41, 5.74) is 0. The quantitative estimate of drug-likeness (QED) is 0.881. The Morgan fingerprint density at radius 1 is 1.53 bits per heavy atom. The van der Waals surface area contributed by atoms with Crippen LogP contribution < -0.4 is 5.32 Å². The van der Waals surface area contributed by atoms with Crippen molar-refractivity contribution in [2.45, 2.75) is 25.4 Å². The van der Waals surface area contributed by atoms with E-state index in [1.54, 1.807) is 6.20 Å². The molecule has 2 rings (SSSR count). The molecule has 82 valence electrons. The first-order chi connectivity index (χ1) is 7.25. The molecule has 2 unspecified atom stereocenters. The van der Waals surface area contributed by atoms with Crippen LogP contribution in [0.25, 0.3) is 0 Å². The highest BCUT2D eigenvalue weighted by molar-refractivity contribution is 9.10. The number of aliphatic hydroxyl groups is 1. The fourth-order valence-electron chi connectivity index (χ4n) is 1.92. The number of halogens is 1. The van der Waals surface area contributed by atoms with Crippen LogP contribution in [0.4, 0.5) is 5.82 Å². The van der Waals surface area contributed by atoms with E-state index in [0.717, 1.165) is 36.1 Å². The van der Waals surface area contributed by atoms with Crippen LogP contribution in [0.3, 0.4) is 0 Å². The second-order valence-electron chi connectivity index (χ2n) is 3.93. The first-order valence-electron chi connectivity index (χ1n) is 5.13. The maximum Gasteiger partial charge on any atom is 0.143 e. The smallest absolute Gasteiger partial charge is 0.143 e. The van der Waals surface area contributed by atoms with Gasteiger partial charge in [-0.1, -0.05) is 0 Å². The van der Waals surface area contributed by atoms with Crippen molar-refractivity contribution in [3.63, 3.8) is 0 Å². The van der Waals surface area contributed by atoms with Gasteiger partial charge in [0.25, 0.3) is 0 Å². The number of anilines is 1. The summed E-state index contributed by atoms with van der Waals surface area (Å²) in [6.45, 7) is 0.868. The van der Waals surface area contributed by atoms with Gasteiger partial charge in [0.1, 0.15) is 12.1 Å². The number of aromatic nitrogens is 2. The lowest BCUT2D eigenvalue weighted by atomic mass is 10.1. The van der Waals surface area contributed by atoms with E-state index in [0.29, 0.717) is 5.92 Å². The maximum atomic E-state index is 9.39. The predicted octanol–water partition coefficient (Wildman–Crippen LogP) is 1.81. The number of hydrogen-bond donors (Lipinski definition) is 2. The van der Waals surface area contributed by atoms with Crippen LogP contribution in [0.15, 0.2) is 17.0 Å². The molecule has 0 radical (unpaired) electrons. The molecule has 5 heteroatoms. The average Bonchev–Trinajstić information content (AvgIpc) is 2.63. The first kappa shape index (κ1) is 10.8. The van der Waals surface area contributed by atoms with Gasteiger partial charge < -0.3 is 10.4 Å². The second-order valence-corrected chi connectivity index (χ2v) is 4.79. The Kier molecular flexibility index (Phi) is 3.53. The lowest BCUT2D eigenvalue weighted by Gasteiger charge is -2.11. The van der Waals surface area contributed by atoms with E-state index in [4.69, 9.17) is 0 Å². The van der Waals surface area contributed by atoms with Crippen LogP contribution in [0, 0.1) is 5.92 Å². The maximum absolute atomic E-state index is 9.39. The van der Waals surface area contributed by atoms with Crippen LogP contribution in [0.5, 0.6) is 0 Å². The minimum absolute atomic E-state index is 0.106. The molecule has 4 nitrogen and oxygen atoms in total. The average molecular weight is 272 g/mol. The number of rotatable bonds is 3. The summed E-state index contributed by atoms with van der Waals surface area (Å²) in [5.74, 6) is 1.38. The summed E-state index contributed by atoms with van der Waals surface area (Å²) in [7, 11) is 0. The fraction of sp³-hybridized carbons (Fsp3) is 0.600. The molecule has 1 aliphatic rings. The van der Waals surface area contributed by atoms with Crippen molar-refractivity contribution in [1.29, 1.82) is 0 Å². The van der Waals surface area contributed by atoms with E-state index in [-0.39, 0.29) is 6.10 Å². The Bertz CT molecular complexity index is 334. The van der Waals surface area contributed by atoms with Crippen molar-refractivity contribution in [1.82, 2.24) is 9.97 Å². The van der Waals surface area contributed by atoms with Crippen molar-refractivity contribution in [2.75, 3.05) is 11.9 Å². The molecule has 15 heavy (non-hydrogen) atoms. The van der Waals surface area contributed by atoms with Gasteiger partial charge in [0.05, 0.1) is 10.6 Å². The van der Waals surface area contributed by atoms with Crippen LogP contribution in [-0.2, 0) is 0 Å². The zero-order chi connectivity index (χ0) is 10.7. The topological polar surface area (TPSA) is 58.0 Å². The highest BCUT2D eigenvalue weighted by Gasteiger charge is 2.22. The van der Waals surface area contributed by atoms with Crippen molar-refractivity contribution in [3.05, 3.63) is 17.0 Å². The molecule has 1 heterocycles. The van der Waals surface area contributed by atoms with Crippen molar-refractivity contribution in [2.24, 2.45) is 5.92 Å². The van der Waals surface area contributed by atoms with Crippen LogP contribution in [0.1, 0.15) is 19.3 Å². The number of nitrogens with one attached hydrogen (secondary N) is 1. The van der Waals surface area contributed by atoms with Gasteiger partial charge in [0, 0.05) is 12.7 Å². The van der Waals surface area contributed by atoms with Gasteiger partial charge in [0.15, 0.2) is 0 Å². The van der Waals surface area contributed by atoms with Crippen molar-refractivity contribution >= 4 is 21.7 Å². The van der Waals surface area contributed by atoms with Crippen LogP contribution in [0.2, 0.25) is 0 Å². The van der Waals surface area contributed by atoms with Gasteiger partial charge >= 0.3 is 0 Å². The summed E-state index contributed by atoms with van der Waals surface area (Å²) in [4.78, 5) is 8.03. The number of hydrogen-bond acceptors (Lipinski definition) is 4. The molecule has 1 saturated carbocycles. The molecule has 1 aromatic heterocycles. The molecule has 0 aromatic carbocycles. The van der Waals surface area contributed by atoms with E-state index in [1.165, 1.54) is 6.33 Å². The van der Waals surface area contributed by atoms with Gasteiger partial charge in [-0.2, -0.15) is 0 Å². The minimum atomic E-state index is -0.106. The molecule has 2 N–H and O–H groups in total. The summed E-state index contributed by atoms with van der Waals surface area (Å²) < 4.78 is 0.878. The zero-order valence-corrected chi connectivity index (χ0v) is 9.94. The second kappa shape index (κ2) is 4.90. The third-order valence-corrected chi connectivity index (χ3v) is 3.32. The fourth-order valence-corrected chi connectivity index (χ4v) is 2.28. The van der Waals surface area contributed by atoms with Gasteiger partial charge in [-0.3, -0.25) is 0 Å². The molecule has 2 atom stereocenters. The molecule has 1 aromatic rings. The summed E-state index contributed by atoms with van der Waals surface area (Å²) in [5, 5.41) is 12.7. The van der Waals surface area contributed by atoms with Gasteiger partial charge in [0.2, 0.25) is 0 Å². The van der Waals surface area contributed by atoms with Gasteiger partial charge in [-0.15, -0.1) is 0 Å². The molecule has 0 saturated heterocycles. The SMILES string of the molecule is OC1CCC(CNc2ncncc2Br)C1. The number of aliphatic hydroxyl groups excluding tert-OH is 1. The molecule has 0 amide bonds. The largest absolute Gasteiger partial charge is 0.393 e. The van der Waals surface area contributed by atoms with Gasteiger partial charge in [-0.25, -0.2) is 9.97 Å². The normalized spacial score (nSPS) is 25.5. The number of nitrogens with zero attached hydrogens (tertiary/aromatic N) is 2. The van der Waals surface area contributed by atoms with E-state index in [2.05, 4.69) is 31.2 Å². The van der Waals surface area contributed by atoms with E-state index in [9.17, 15) is 5.11 Å². The lowest BCUT2D eigenvalue weighted by molar-refractivity contribution is 0.178. The van der Waals surface area contributed by atoms with Crippen molar-refractivity contribution < 1.29 is 5.11 Å². The summed E-state index contributed by atoms with van der Waals surface area (Å²) in [6.07, 6.45) is 6.06. The Hall–Kier alpha value is -0.680. The molecule has 1 fully saturated rings. The Labute approximate surface area is 97.3 Å². The van der Waals surface area contributed by atoms with Crippen LogP contribution in [-0.4, -0.2) is 27.7 Å². The minimum Gasteiger partial charge on any atom is -0.393 e. The lowest BCUT2D eigenvalue weighted by Crippen LogP contribution is -2.13. The third-order valence-electron chi connectivity index (χ3n) is 2.74. The standard InChI is InChI=1S/C10H14BrN3O/c11-9-5-12-6-14-10(9)13-4-7-1-2-8(15)3-7/h5-8,15H,1-4H2,(H,12,13,14). The summed E-state index contributed by atoms with van der Waals surface area (Å²) >= 11 is 3.38.